The number of benzene rings is 1. The molecular formula is C10H8FN3. The number of hydrogen-bond donors (Lipinski definition) is 1. The average molecular weight is 189 g/mol. The molecule has 0 saturated heterocycles. The Morgan fingerprint density at radius 3 is 2.57 bits per heavy atom. The maximum Gasteiger partial charge on any atom is 0.123 e. The van der Waals surface area contributed by atoms with E-state index in [2.05, 4.69) is 15.4 Å². The van der Waals surface area contributed by atoms with Gasteiger partial charge in [-0.1, -0.05) is 18.2 Å². The summed E-state index contributed by atoms with van der Waals surface area (Å²) in [5, 5.41) is 10.0. The number of halogens is 1. The highest BCUT2D eigenvalue weighted by Gasteiger charge is 1.90. The molecule has 0 amide bonds. The van der Waals surface area contributed by atoms with Crippen molar-refractivity contribution in [3.63, 3.8) is 0 Å². The minimum atomic E-state index is -0.233. The molecule has 3 nitrogen and oxygen atoms in total. The first-order valence-corrected chi connectivity index (χ1v) is 4.14. The summed E-state index contributed by atoms with van der Waals surface area (Å²) < 4.78 is 12.5. The molecule has 0 bridgehead atoms. The maximum atomic E-state index is 12.5. The van der Waals surface area contributed by atoms with Crippen LogP contribution < -0.4 is 0 Å². The van der Waals surface area contributed by atoms with E-state index in [1.54, 1.807) is 24.4 Å². The number of rotatable bonds is 2. The Labute approximate surface area is 80.3 Å². The summed E-state index contributed by atoms with van der Waals surface area (Å²) in [7, 11) is 0. The summed E-state index contributed by atoms with van der Waals surface area (Å²) >= 11 is 0. The number of aromatic amines is 1. The summed E-state index contributed by atoms with van der Waals surface area (Å²) in [4.78, 5) is 0. The Morgan fingerprint density at radius 1 is 1.14 bits per heavy atom. The highest BCUT2D eigenvalue weighted by atomic mass is 19.1. The molecule has 0 unspecified atom stereocenters. The van der Waals surface area contributed by atoms with Crippen LogP contribution in [0.15, 0.2) is 30.5 Å². The van der Waals surface area contributed by atoms with Crippen molar-refractivity contribution < 1.29 is 4.39 Å². The molecule has 2 rings (SSSR count). The van der Waals surface area contributed by atoms with Crippen LogP contribution in [0.1, 0.15) is 11.3 Å². The molecule has 1 aromatic carbocycles. The third-order valence-corrected chi connectivity index (χ3v) is 1.75. The van der Waals surface area contributed by atoms with Gasteiger partial charge in [-0.25, -0.2) is 4.39 Å². The summed E-state index contributed by atoms with van der Waals surface area (Å²) in [5.41, 5.74) is 1.67. The fourth-order valence-corrected chi connectivity index (χ4v) is 1.05. The minimum absolute atomic E-state index is 0.233. The maximum absolute atomic E-state index is 12.5. The van der Waals surface area contributed by atoms with Gasteiger partial charge in [-0.2, -0.15) is 15.4 Å². The Hall–Kier alpha value is -1.97. The Balaban J connectivity index is 2.15. The second kappa shape index (κ2) is 3.83. The molecule has 1 N–H and O–H groups in total. The van der Waals surface area contributed by atoms with Gasteiger partial charge >= 0.3 is 0 Å². The number of nitrogens with one attached hydrogen (secondary N) is 1. The average Bonchev–Trinajstić information content (AvgIpc) is 2.70. The van der Waals surface area contributed by atoms with Crippen molar-refractivity contribution in [2.24, 2.45) is 0 Å². The van der Waals surface area contributed by atoms with Gasteiger partial charge in [0.05, 0.1) is 6.20 Å². The highest BCUT2D eigenvalue weighted by Crippen LogP contribution is 2.06. The first kappa shape index (κ1) is 8.62. The molecule has 70 valence electrons. The van der Waals surface area contributed by atoms with Gasteiger partial charge in [0.15, 0.2) is 0 Å². The normalized spacial score (nSPS) is 10.9. The molecule has 0 fully saturated rings. The molecule has 1 aromatic heterocycles. The second-order valence-electron chi connectivity index (χ2n) is 2.78. The smallest absolute Gasteiger partial charge is 0.123 e. The van der Waals surface area contributed by atoms with Crippen molar-refractivity contribution in [2.45, 2.75) is 0 Å². The zero-order valence-corrected chi connectivity index (χ0v) is 7.31. The zero-order valence-electron chi connectivity index (χ0n) is 7.31. The zero-order chi connectivity index (χ0) is 9.80. The fraction of sp³-hybridized carbons (Fsp3) is 0. The van der Waals surface area contributed by atoms with Gasteiger partial charge in [0.25, 0.3) is 0 Å². The van der Waals surface area contributed by atoms with Crippen LogP contribution in [-0.4, -0.2) is 15.4 Å². The molecule has 0 aliphatic heterocycles. The van der Waals surface area contributed by atoms with Crippen LogP contribution in [0.4, 0.5) is 4.39 Å². The van der Waals surface area contributed by atoms with E-state index in [-0.39, 0.29) is 5.82 Å². The first-order valence-electron chi connectivity index (χ1n) is 4.14. The van der Waals surface area contributed by atoms with Crippen LogP contribution in [0, 0.1) is 5.82 Å². The van der Waals surface area contributed by atoms with Crippen molar-refractivity contribution >= 4 is 12.2 Å². The van der Waals surface area contributed by atoms with E-state index < -0.39 is 0 Å². The van der Waals surface area contributed by atoms with Crippen LogP contribution in [0.5, 0.6) is 0 Å². The van der Waals surface area contributed by atoms with Crippen LogP contribution in [-0.2, 0) is 0 Å². The van der Waals surface area contributed by atoms with Gasteiger partial charge in [0.1, 0.15) is 11.5 Å². The topological polar surface area (TPSA) is 41.6 Å². The molecule has 0 aliphatic rings. The summed E-state index contributed by atoms with van der Waals surface area (Å²) in [6.45, 7) is 0. The van der Waals surface area contributed by atoms with Crippen LogP contribution in [0.25, 0.3) is 12.2 Å². The van der Waals surface area contributed by atoms with Gasteiger partial charge in [0.2, 0.25) is 0 Å². The van der Waals surface area contributed by atoms with E-state index in [1.807, 2.05) is 6.08 Å². The SMILES string of the molecule is Fc1ccc(C=Cc2cn[nH]n2)cc1. The molecule has 0 radical (unpaired) electrons. The predicted octanol–water partition coefficient (Wildman–Crippen LogP) is 2.11. The van der Waals surface area contributed by atoms with Gasteiger partial charge in [-0.3, -0.25) is 0 Å². The van der Waals surface area contributed by atoms with Gasteiger partial charge < -0.3 is 0 Å². The highest BCUT2D eigenvalue weighted by molar-refractivity contribution is 5.67. The Kier molecular flexibility index (Phi) is 2.36. The lowest BCUT2D eigenvalue weighted by Crippen LogP contribution is -1.75. The summed E-state index contributed by atoms with van der Waals surface area (Å²) in [5.74, 6) is -0.233. The second-order valence-corrected chi connectivity index (χ2v) is 2.78. The molecule has 14 heavy (non-hydrogen) atoms. The monoisotopic (exact) mass is 189 g/mol. The van der Waals surface area contributed by atoms with E-state index in [0.29, 0.717) is 0 Å². The van der Waals surface area contributed by atoms with E-state index in [4.69, 9.17) is 0 Å². The molecule has 0 atom stereocenters. The lowest BCUT2D eigenvalue weighted by molar-refractivity contribution is 0.628. The number of aromatic nitrogens is 3. The summed E-state index contributed by atoms with van der Waals surface area (Å²) in [6.07, 6.45) is 5.26. The van der Waals surface area contributed by atoms with Crippen LogP contribution in [0.2, 0.25) is 0 Å². The minimum Gasteiger partial charge on any atom is -0.207 e. The standard InChI is InChI=1S/C10H8FN3/c11-9-4-1-8(2-5-9)3-6-10-7-12-14-13-10/h1-7H,(H,12,13,14). The largest absolute Gasteiger partial charge is 0.207 e. The quantitative estimate of drug-likeness (QED) is 0.786. The third-order valence-electron chi connectivity index (χ3n) is 1.75. The molecule has 0 spiro atoms. The Morgan fingerprint density at radius 2 is 1.93 bits per heavy atom. The lowest BCUT2D eigenvalue weighted by atomic mass is 10.2. The first-order chi connectivity index (χ1) is 6.84. The number of hydrogen-bond acceptors (Lipinski definition) is 2. The van der Waals surface area contributed by atoms with E-state index in [0.717, 1.165) is 11.3 Å². The molecular weight excluding hydrogens is 181 g/mol. The van der Waals surface area contributed by atoms with Crippen LogP contribution >= 0.6 is 0 Å². The number of nitrogens with zero attached hydrogens (tertiary/aromatic N) is 2. The van der Waals surface area contributed by atoms with E-state index in [1.165, 1.54) is 12.1 Å². The lowest BCUT2D eigenvalue weighted by Gasteiger charge is -1.91. The van der Waals surface area contributed by atoms with E-state index in [9.17, 15) is 4.39 Å². The van der Waals surface area contributed by atoms with E-state index >= 15 is 0 Å². The van der Waals surface area contributed by atoms with Crippen molar-refractivity contribution in [1.29, 1.82) is 0 Å². The molecule has 0 aliphatic carbocycles. The van der Waals surface area contributed by atoms with Gasteiger partial charge in [-0.05, 0) is 23.8 Å². The molecule has 0 saturated carbocycles. The van der Waals surface area contributed by atoms with Crippen molar-refractivity contribution in [1.82, 2.24) is 15.4 Å². The number of H-pyrrole nitrogens is 1. The van der Waals surface area contributed by atoms with Gasteiger partial charge in [0, 0.05) is 0 Å². The molecule has 4 heteroatoms. The van der Waals surface area contributed by atoms with Gasteiger partial charge in [-0.15, -0.1) is 0 Å². The Bertz CT molecular complexity index is 417. The van der Waals surface area contributed by atoms with Crippen molar-refractivity contribution in [3.8, 4) is 0 Å². The van der Waals surface area contributed by atoms with Crippen molar-refractivity contribution in [2.75, 3.05) is 0 Å². The molecule has 2 aromatic rings. The molecule has 1 heterocycles. The fourth-order valence-electron chi connectivity index (χ4n) is 1.05. The summed E-state index contributed by atoms with van der Waals surface area (Å²) in [6, 6.07) is 6.24. The van der Waals surface area contributed by atoms with Crippen LogP contribution in [0.3, 0.4) is 0 Å². The third kappa shape index (κ3) is 2.04. The van der Waals surface area contributed by atoms with Crippen molar-refractivity contribution in [3.05, 3.63) is 47.5 Å². The predicted molar refractivity (Wildman–Crippen MR) is 51.7 cm³/mol.